The van der Waals surface area contributed by atoms with Crippen molar-refractivity contribution >= 4 is 53.8 Å². The second kappa shape index (κ2) is 9.96. The van der Waals surface area contributed by atoms with Gasteiger partial charge < -0.3 is 20.7 Å². The number of carboxylic acid groups (broad SMARTS) is 1. The van der Waals surface area contributed by atoms with Gasteiger partial charge in [0.2, 0.25) is 0 Å². The summed E-state index contributed by atoms with van der Waals surface area (Å²) >= 11 is 10.5. The predicted octanol–water partition coefficient (Wildman–Crippen LogP) is 6.02. The van der Waals surface area contributed by atoms with Gasteiger partial charge in [-0.15, -0.1) is 0 Å². The topological polar surface area (TPSA) is 92.8 Å². The third kappa shape index (κ3) is 5.43. The number of rotatable bonds is 7. The van der Waals surface area contributed by atoms with Crippen LogP contribution in [0.3, 0.4) is 0 Å². The number of hydrogen-bond acceptors (Lipinski definition) is 4. The molecule has 3 aromatic rings. The second-order valence-corrected chi connectivity index (χ2v) is 9.12. The molecule has 0 saturated carbocycles. The van der Waals surface area contributed by atoms with Crippen LogP contribution in [0.5, 0.6) is 17.2 Å². The molecule has 156 valence electrons. The third-order valence-corrected chi connectivity index (χ3v) is 7.24. The Bertz CT molecular complexity index is 1070. The molecule has 0 aliphatic rings. The van der Waals surface area contributed by atoms with Gasteiger partial charge in [0.05, 0.1) is 8.95 Å². The lowest BCUT2D eigenvalue weighted by Gasteiger charge is -2.16. The summed E-state index contributed by atoms with van der Waals surface area (Å²) in [6, 6.07) is 15.7. The Balaban J connectivity index is 1.88. The summed E-state index contributed by atoms with van der Waals surface area (Å²) in [6.07, 6.45) is 0.732. The Morgan fingerprint density at radius 3 is 2.37 bits per heavy atom. The molecule has 30 heavy (non-hydrogen) atoms. The van der Waals surface area contributed by atoms with E-state index in [0.29, 0.717) is 31.3 Å². The molecule has 8 heteroatoms. The maximum absolute atomic E-state index is 11.1. The molecule has 1 unspecified atom stereocenters. The van der Waals surface area contributed by atoms with Crippen LogP contribution >= 0.6 is 47.8 Å². The lowest BCUT2D eigenvalue weighted by Crippen LogP contribution is -2.32. The van der Waals surface area contributed by atoms with E-state index < -0.39 is 12.0 Å². The summed E-state index contributed by atoms with van der Waals surface area (Å²) in [7, 11) is 0. The van der Waals surface area contributed by atoms with Crippen LogP contribution in [0.15, 0.2) is 68.0 Å². The van der Waals surface area contributed by atoms with Gasteiger partial charge in [-0.25, -0.2) is 0 Å². The average Bonchev–Trinajstić information content (AvgIpc) is 2.72. The van der Waals surface area contributed by atoms with Gasteiger partial charge in [0.1, 0.15) is 17.5 Å². The number of aromatic hydroxyl groups is 1. The number of phenolic OH excluding ortho intramolecular Hbond substituents is 1. The van der Waals surface area contributed by atoms with Crippen LogP contribution < -0.4 is 10.5 Å². The molecule has 3 rings (SSSR count). The highest BCUT2D eigenvalue weighted by atomic mass is 79.9. The smallest absolute Gasteiger partial charge is 0.320 e. The molecule has 0 aliphatic carbocycles. The number of ether oxygens (including phenoxy) is 1. The number of benzene rings is 3. The van der Waals surface area contributed by atoms with Crippen LogP contribution in [0.4, 0.5) is 0 Å². The minimum Gasteiger partial charge on any atom is -0.508 e. The van der Waals surface area contributed by atoms with Crippen LogP contribution in [0, 0.1) is 0 Å². The zero-order valence-corrected chi connectivity index (χ0v) is 20.4. The highest BCUT2D eigenvalue weighted by Gasteiger charge is 2.20. The monoisotopic (exact) mass is 597 g/mol. The van der Waals surface area contributed by atoms with Crippen molar-refractivity contribution in [1.82, 2.24) is 0 Å². The van der Waals surface area contributed by atoms with Crippen LogP contribution in [0.25, 0.3) is 0 Å². The van der Waals surface area contributed by atoms with Gasteiger partial charge in [-0.2, -0.15) is 0 Å². The van der Waals surface area contributed by atoms with Gasteiger partial charge in [-0.1, -0.05) is 30.3 Å². The molecule has 0 bridgehead atoms. The van der Waals surface area contributed by atoms with Gasteiger partial charge in [-0.3, -0.25) is 4.79 Å². The largest absolute Gasteiger partial charge is 0.508 e. The molecule has 0 aromatic heterocycles. The molecule has 0 radical (unpaired) electrons. The van der Waals surface area contributed by atoms with E-state index in [9.17, 15) is 9.90 Å². The van der Waals surface area contributed by atoms with Gasteiger partial charge >= 0.3 is 5.97 Å². The van der Waals surface area contributed by atoms with Gasteiger partial charge in [0.25, 0.3) is 0 Å². The fourth-order valence-corrected chi connectivity index (χ4v) is 4.72. The SMILES string of the molecule is NC(Cc1cc(Br)c(Oc2ccc(O)c(Cc3ccccc3)c2)c(Br)c1Br)C(=O)O. The molecule has 0 aliphatic heterocycles. The molecular weight excluding hydrogens is 582 g/mol. The number of hydrogen-bond donors (Lipinski definition) is 3. The fourth-order valence-electron chi connectivity index (χ4n) is 2.89. The van der Waals surface area contributed by atoms with Crippen molar-refractivity contribution in [2.24, 2.45) is 5.73 Å². The van der Waals surface area contributed by atoms with Crippen molar-refractivity contribution in [2.45, 2.75) is 18.9 Å². The minimum absolute atomic E-state index is 0.161. The van der Waals surface area contributed by atoms with E-state index in [1.54, 1.807) is 24.3 Å². The summed E-state index contributed by atoms with van der Waals surface area (Å²) in [6.45, 7) is 0. The molecule has 0 saturated heterocycles. The summed E-state index contributed by atoms with van der Waals surface area (Å²) in [5, 5.41) is 19.3. The zero-order valence-electron chi connectivity index (χ0n) is 15.6. The first-order valence-corrected chi connectivity index (χ1v) is 11.3. The quantitative estimate of drug-likeness (QED) is 0.289. The van der Waals surface area contributed by atoms with Gasteiger partial charge in [0.15, 0.2) is 5.75 Å². The molecule has 1 atom stereocenters. The highest BCUT2D eigenvalue weighted by Crippen LogP contribution is 2.44. The van der Waals surface area contributed by atoms with Crippen molar-refractivity contribution in [3.63, 3.8) is 0 Å². The van der Waals surface area contributed by atoms with E-state index in [-0.39, 0.29) is 12.2 Å². The Morgan fingerprint density at radius 2 is 1.70 bits per heavy atom. The second-order valence-electron chi connectivity index (χ2n) is 6.68. The Labute approximate surface area is 199 Å². The predicted molar refractivity (Wildman–Crippen MR) is 126 cm³/mol. The Kier molecular flexibility index (Phi) is 7.57. The maximum Gasteiger partial charge on any atom is 0.320 e. The lowest BCUT2D eigenvalue weighted by molar-refractivity contribution is -0.138. The van der Waals surface area contributed by atoms with Crippen molar-refractivity contribution in [3.05, 3.63) is 84.7 Å². The molecule has 0 fully saturated rings. The van der Waals surface area contributed by atoms with E-state index in [1.807, 2.05) is 30.3 Å². The van der Waals surface area contributed by atoms with Gasteiger partial charge in [-0.05, 0) is 89.6 Å². The van der Waals surface area contributed by atoms with E-state index in [4.69, 9.17) is 15.6 Å². The van der Waals surface area contributed by atoms with Crippen LogP contribution in [-0.2, 0) is 17.6 Å². The van der Waals surface area contributed by atoms with E-state index in [0.717, 1.165) is 16.7 Å². The van der Waals surface area contributed by atoms with Gasteiger partial charge in [0, 0.05) is 16.5 Å². The fraction of sp³-hybridized carbons (Fsp3) is 0.136. The number of carboxylic acids is 1. The standard InChI is InChI=1S/C22H18Br3NO4/c23-16-10-14(11-17(26)22(28)29)19(24)20(25)21(16)30-15-6-7-18(27)13(9-15)8-12-4-2-1-3-5-12/h1-7,9-10,17,27H,8,11,26H2,(H,28,29). The number of phenols is 1. The maximum atomic E-state index is 11.1. The highest BCUT2D eigenvalue weighted by molar-refractivity contribution is 9.13. The summed E-state index contributed by atoms with van der Waals surface area (Å²) in [5.41, 5.74) is 8.22. The first-order valence-electron chi connectivity index (χ1n) is 8.94. The summed E-state index contributed by atoms with van der Waals surface area (Å²) in [5.74, 6) is 0.209. The van der Waals surface area contributed by atoms with Crippen molar-refractivity contribution < 1.29 is 19.7 Å². The zero-order chi connectivity index (χ0) is 21.8. The molecular formula is C22H18Br3NO4. The Hall–Kier alpha value is -1.87. The number of halogens is 3. The minimum atomic E-state index is -1.07. The van der Waals surface area contributed by atoms with Crippen LogP contribution in [0.1, 0.15) is 16.7 Å². The van der Waals surface area contributed by atoms with Crippen molar-refractivity contribution in [2.75, 3.05) is 0 Å². The summed E-state index contributed by atoms with van der Waals surface area (Å²) in [4.78, 5) is 11.1. The summed E-state index contributed by atoms with van der Waals surface area (Å²) < 4.78 is 8.01. The van der Waals surface area contributed by atoms with E-state index in [2.05, 4.69) is 47.8 Å². The normalized spacial score (nSPS) is 11.9. The lowest BCUT2D eigenvalue weighted by atomic mass is 10.0. The molecule has 4 N–H and O–H groups in total. The molecule has 0 amide bonds. The van der Waals surface area contributed by atoms with Crippen molar-refractivity contribution in [3.8, 4) is 17.2 Å². The molecule has 5 nitrogen and oxygen atoms in total. The van der Waals surface area contributed by atoms with Crippen LogP contribution in [-0.4, -0.2) is 22.2 Å². The van der Waals surface area contributed by atoms with E-state index >= 15 is 0 Å². The number of nitrogens with two attached hydrogens (primary N) is 1. The first kappa shape index (κ1) is 22.8. The molecule has 3 aromatic carbocycles. The van der Waals surface area contributed by atoms with Crippen molar-refractivity contribution in [1.29, 1.82) is 0 Å². The third-order valence-electron chi connectivity index (χ3n) is 4.46. The number of carbonyl (C=O) groups is 1. The Morgan fingerprint density at radius 1 is 1.00 bits per heavy atom. The number of aliphatic carboxylic acids is 1. The first-order chi connectivity index (χ1) is 14.3. The van der Waals surface area contributed by atoms with Crippen LogP contribution in [0.2, 0.25) is 0 Å². The molecule has 0 heterocycles. The van der Waals surface area contributed by atoms with E-state index in [1.165, 1.54) is 0 Å². The molecule has 0 spiro atoms. The average molecular weight is 600 g/mol.